The molecule has 0 aliphatic rings. The first-order chi connectivity index (χ1) is 7.63. The molecule has 0 unspecified atom stereocenters. The summed E-state index contributed by atoms with van der Waals surface area (Å²) in [7, 11) is -0.124. The Morgan fingerprint density at radius 1 is 1.41 bits per heavy atom. The highest BCUT2D eigenvalue weighted by Gasteiger charge is 2.30. The first-order valence-corrected chi connectivity index (χ1v) is 5.26. The summed E-state index contributed by atoms with van der Waals surface area (Å²) in [6.07, 6.45) is 0. The molecule has 0 aliphatic carbocycles. The molecular weight excluding hydrogens is 223 g/mol. The maximum Gasteiger partial charge on any atom is 0.492 e. The minimum Gasteiger partial charge on any atom is -0.455 e. The molecule has 17 heavy (non-hydrogen) atoms. The maximum atomic E-state index is 11.8. The second kappa shape index (κ2) is 4.50. The minimum absolute atomic E-state index is 0.0603. The zero-order chi connectivity index (χ0) is 13.4. The Morgan fingerprint density at radius 3 is 2.35 bits per heavy atom. The third kappa shape index (κ3) is 3.07. The molecule has 0 radical (unpaired) electrons. The van der Waals surface area contributed by atoms with Crippen LogP contribution in [0.2, 0.25) is 0 Å². The Hall–Kier alpha value is -1.34. The number of esters is 1. The van der Waals surface area contributed by atoms with Crippen molar-refractivity contribution in [1.29, 1.82) is 0 Å². The predicted octanol–water partition coefficient (Wildman–Crippen LogP) is -0.636. The summed E-state index contributed by atoms with van der Waals surface area (Å²) in [6.45, 7) is 6.84. The quantitative estimate of drug-likeness (QED) is 0.530. The third-order valence-electron chi connectivity index (χ3n) is 2.23. The highest BCUT2D eigenvalue weighted by molar-refractivity contribution is 6.60. The van der Waals surface area contributed by atoms with Gasteiger partial charge in [0.05, 0.1) is 0 Å². The number of aromatic nitrogens is 2. The zero-order valence-electron chi connectivity index (χ0n) is 10.7. The number of rotatable bonds is 2. The van der Waals surface area contributed by atoms with E-state index in [1.54, 1.807) is 34.7 Å². The SMILES string of the molecule is Cc1c(B(O)O)c(C(=O)OC(C)(C)C)nn1C. The summed E-state index contributed by atoms with van der Waals surface area (Å²) in [5.74, 6) is -0.663. The van der Waals surface area contributed by atoms with Crippen molar-refractivity contribution < 1.29 is 19.6 Å². The van der Waals surface area contributed by atoms with E-state index in [1.165, 1.54) is 4.68 Å². The Balaban J connectivity index is 3.14. The van der Waals surface area contributed by atoms with Crippen molar-refractivity contribution in [1.82, 2.24) is 9.78 Å². The lowest BCUT2D eigenvalue weighted by Gasteiger charge is -2.19. The molecule has 6 nitrogen and oxygen atoms in total. The van der Waals surface area contributed by atoms with Crippen LogP contribution in [-0.4, -0.2) is 38.5 Å². The number of carbonyl (C=O) groups excluding carboxylic acids is 1. The van der Waals surface area contributed by atoms with Gasteiger partial charge in [0, 0.05) is 18.2 Å². The van der Waals surface area contributed by atoms with Crippen molar-refractivity contribution >= 4 is 18.6 Å². The van der Waals surface area contributed by atoms with Crippen LogP contribution in [0.15, 0.2) is 0 Å². The molecule has 94 valence electrons. The van der Waals surface area contributed by atoms with E-state index in [9.17, 15) is 14.8 Å². The molecule has 0 aliphatic heterocycles. The molecule has 2 N–H and O–H groups in total. The molecule has 0 saturated carbocycles. The molecule has 1 aromatic heterocycles. The van der Waals surface area contributed by atoms with Crippen molar-refractivity contribution in [2.45, 2.75) is 33.3 Å². The monoisotopic (exact) mass is 240 g/mol. The van der Waals surface area contributed by atoms with Gasteiger partial charge in [-0.2, -0.15) is 5.10 Å². The van der Waals surface area contributed by atoms with Crippen LogP contribution in [-0.2, 0) is 11.8 Å². The highest BCUT2D eigenvalue weighted by atomic mass is 16.6. The van der Waals surface area contributed by atoms with Crippen LogP contribution in [0.3, 0.4) is 0 Å². The largest absolute Gasteiger partial charge is 0.492 e. The second-order valence-corrected chi connectivity index (χ2v) is 4.85. The molecular formula is C10H17BN2O4. The van der Waals surface area contributed by atoms with Crippen molar-refractivity contribution in [3.8, 4) is 0 Å². The van der Waals surface area contributed by atoms with Gasteiger partial charge in [0.25, 0.3) is 0 Å². The number of nitrogens with zero attached hydrogens (tertiary/aromatic N) is 2. The van der Waals surface area contributed by atoms with E-state index in [1.807, 2.05) is 0 Å². The summed E-state index contributed by atoms with van der Waals surface area (Å²) in [6, 6.07) is 0. The van der Waals surface area contributed by atoms with Crippen molar-refractivity contribution in [2.24, 2.45) is 7.05 Å². The van der Waals surface area contributed by atoms with E-state index in [2.05, 4.69) is 5.10 Å². The summed E-state index contributed by atoms with van der Waals surface area (Å²) in [5, 5.41) is 22.4. The molecule has 0 amide bonds. The van der Waals surface area contributed by atoms with E-state index in [-0.39, 0.29) is 11.2 Å². The minimum atomic E-state index is -1.74. The second-order valence-electron chi connectivity index (χ2n) is 4.85. The van der Waals surface area contributed by atoms with Gasteiger partial charge in [0.1, 0.15) is 5.60 Å². The van der Waals surface area contributed by atoms with Crippen LogP contribution in [0.1, 0.15) is 37.0 Å². The number of aryl methyl sites for hydroxylation is 1. The lowest BCUT2D eigenvalue weighted by Crippen LogP contribution is -2.37. The molecule has 0 atom stereocenters. The van der Waals surface area contributed by atoms with E-state index >= 15 is 0 Å². The maximum absolute atomic E-state index is 11.8. The normalized spacial score (nSPS) is 11.5. The summed E-state index contributed by atoms with van der Waals surface area (Å²) in [4.78, 5) is 11.8. The van der Waals surface area contributed by atoms with Gasteiger partial charge in [-0.1, -0.05) is 0 Å². The van der Waals surface area contributed by atoms with Crippen LogP contribution >= 0.6 is 0 Å². The highest BCUT2D eigenvalue weighted by Crippen LogP contribution is 2.11. The molecule has 1 aromatic rings. The lowest BCUT2D eigenvalue weighted by molar-refractivity contribution is 0.00630. The smallest absolute Gasteiger partial charge is 0.455 e. The molecule has 0 saturated heterocycles. The van der Waals surface area contributed by atoms with Crippen LogP contribution in [0, 0.1) is 6.92 Å². The summed E-state index contributed by atoms with van der Waals surface area (Å²) in [5.41, 5.74) is -0.113. The van der Waals surface area contributed by atoms with Crippen LogP contribution in [0.25, 0.3) is 0 Å². The first kappa shape index (κ1) is 13.7. The fraction of sp³-hybridized carbons (Fsp3) is 0.600. The molecule has 7 heteroatoms. The Kier molecular flexibility index (Phi) is 3.64. The predicted molar refractivity (Wildman–Crippen MR) is 62.9 cm³/mol. The summed E-state index contributed by atoms with van der Waals surface area (Å²) < 4.78 is 6.56. The number of hydrogen-bond acceptors (Lipinski definition) is 5. The average Bonchev–Trinajstić information content (AvgIpc) is 2.40. The van der Waals surface area contributed by atoms with Gasteiger partial charge in [-0.25, -0.2) is 4.79 Å². The fourth-order valence-electron chi connectivity index (χ4n) is 1.41. The molecule has 0 fully saturated rings. The van der Waals surface area contributed by atoms with Crippen molar-refractivity contribution in [3.05, 3.63) is 11.4 Å². The number of carbonyl (C=O) groups is 1. The molecule has 0 aromatic carbocycles. The first-order valence-electron chi connectivity index (χ1n) is 5.26. The zero-order valence-corrected chi connectivity index (χ0v) is 10.7. The van der Waals surface area contributed by atoms with E-state index in [0.29, 0.717) is 5.69 Å². The van der Waals surface area contributed by atoms with E-state index < -0.39 is 18.7 Å². The molecule has 0 bridgehead atoms. The fourth-order valence-corrected chi connectivity index (χ4v) is 1.41. The lowest BCUT2D eigenvalue weighted by atomic mass is 9.78. The molecule has 1 heterocycles. The topological polar surface area (TPSA) is 84.6 Å². The van der Waals surface area contributed by atoms with Crippen molar-refractivity contribution in [3.63, 3.8) is 0 Å². The third-order valence-corrected chi connectivity index (χ3v) is 2.23. The Bertz CT molecular complexity index is 434. The summed E-state index contributed by atoms with van der Waals surface area (Å²) >= 11 is 0. The van der Waals surface area contributed by atoms with Crippen LogP contribution < -0.4 is 5.46 Å². The van der Waals surface area contributed by atoms with E-state index in [0.717, 1.165) is 0 Å². The van der Waals surface area contributed by atoms with Crippen LogP contribution in [0.5, 0.6) is 0 Å². The molecule has 0 spiro atoms. The molecule has 1 rings (SSSR count). The van der Waals surface area contributed by atoms with Crippen molar-refractivity contribution in [2.75, 3.05) is 0 Å². The van der Waals surface area contributed by atoms with Gasteiger partial charge in [0.15, 0.2) is 5.69 Å². The average molecular weight is 240 g/mol. The standard InChI is InChI=1S/C10H17BN2O4/c1-6-7(11(15)16)8(12-13(6)5)9(14)17-10(2,3)4/h15-16H,1-5H3. The Labute approximate surface area is 100 Å². The van der Waals surface area contributed by atoms with Gasteiger partial charge in [-0.15, -0.1) is 0 Å². The number of hydrogen-bond donors (Lipinski definition) is 2. The van der Waals surface area contributed by atoms with E-state index in [4.69, 9.17) is 4.74 Å². The van der Waals surface area contributed by atoms with Gasteiger partial charge in [-0.3, -0.25) is 4.68 Å². The van der Waals surface area contributed by atoms with Gasteiger partial charge in [0.2, 0.25) is 0 Å². The van der Waals surface area contributed by atoms with Gasteiger partial charge < -0.3 is 14.8 Å². The number of ether oxygens (including phenoxy) is 1. The van der Waals surface area contributed by atoms with Crippen LogP contribution in [0.4, 0.5) is 0 Å². The van der Waals surface area contributed by atoms with Gasteiger partial charge in [-0.05, 0) is 27.7 Å². The Morgan fingerprint density at radius 2 is 1.94 bits per heavy atom. The van der Waals surface area contributed by atoms with Gasteiger partial charge >= 0.3 is 13.1 Å².